The van der Waals surface area contributed by atoms with E-state index in [9.17, 15) is 4.79 Å². The fourth-order valence-corrected chi connectivity index (χ4v) is 1.92. The average molecular weight is 355 g/mol. The molecule has 2 aromatic rings. The zero-order chi connectivity index (χ0) is 14.4. The summed E-state index contributed by atoms with van der Waals surface area (Å²) in [5, 5.41) is 3.46. The summed E-state index contributed by atoms with van der Waals surface area (Å²) in [5.41, 5.74) is 0.992. The molecule has 0 spiro atoms. The summed E-state index contributed by atoms with van der Waals surface area (Å²) in [6.07, 6.45) is 0. The van der Waals surface area contributed by atoms with Gasteiger partial charge in [0.05, 0.1) is 0 Å². The van der Waals surface area contributed by atoms with E-state index in [-0.39, 0.29) is 12.5 Å². The molecule has 0 heterocycles. The molecule has 0 saturated carbocycles. The van der Waals surface area contributed by atoms with Gasteiger partial charge in [-0.2, -0.15) is 0 Å². The second kappa shape index (κ2) is 7.31. The Labute approximate surface area is 131 Å². The molecule has 0 aliphatic carbocycles. The first-order valence-corrected chi connectivity index (χ1v) is 7.20. The fourth-order valence-electron chi connectivity index (χ4n) is 1.53. The Morgan fingerprint density at radius 1 is 1.10 bits per heavy atom. The fraction of sp³-hybridized carbons (Fsp3) is 0.133. The minimum atomic E-state index is -0.164. The highest BCUT2D eigenvalue weighted by Crippen LogP contribution is 2.15. The number of hydrogen-bond donors (Lipinski definition) is 1. The molecule has 0 aliphatic rings. The molecular weight excluding hydrogens is 342 g/mol. The molecular formula is C15H13BrClNO2. The zero-order valence-electron chi connectivity index (χ0n) is 10.6. The smallest absolute Gasteiger partial charge is 0.258 e. The first kappa shape index (κ1) is 14.9. The molecule has 0 fully saturated rings. The lowest BCUT2D eigenvalue weighted by atomic mass is 10.2. The average Bonchev–Trinajstić information content (AvgIpc) is 2.46. The van der Waals surface area contributed by atoms with Gasteiger partial charge in [0, 0.05) is 16.0 Å². The third-order valence-electron chi connectivity index (χ3n) is 2.59. The monoisotopic (exact) mass is 353 g/mol. The minimum absolute atomic E-state index is 0.00474. The molecule has 1 amide bonds. The van der Waals surface area contributed by atoms with E-state index in [1.54, 1.807) is 24.3 Å². The summed E-state index contributed by atoms with van der Waals surface area (Å²) < 4.78 is 6.35. The van der Waals surface area contributed by atoms with Crippen LogP contribution in [-0.2, 0) is 11.3 Å². The van der Waals surface area contributed by atoms with Crippen molar-refractivity contribution in [3.05, 3.63) is 63.6 Å². The number of rotatable bonds is 5. The van der Waals surface area contributed by atoms with Gasteiger partial charge < -0.3 is 10.1 Å². The summed E-state index contributed by atoms with van der Waals surface area (Å²) in [5.74, 6) is 0.498. The van der Waals surface area contributed by atoms with Crippen LogP contribution in [0.1, 0.15) is 5.56 Å². The normalized spacial score (nSPS) is 10.1. The van der Waals surface area contributed by atoms with Crippen molar-refractivity contribution >= 4 is 33.4 Å². The maximum atomic E-state index is 11.7. The molecule has 0 saturated heterocycles. The predicted molar refractivity (Wildman–Crippen MR) is 82.9 cm³/mol. The van der Waals surface area contributed by atoms with Gasteiger partial charge in [0.1, 0.15) is 5.75 Å². The van der Waals surface area contributed by atoms with E-state index in [4.69, 9.17) is 16.3 Å². The lowest BCUT2D eigenvalue weighted by molar-refractivity contribution is -0.123. The first-order valence-electron chi connectivity index (χ1n) is 6.03. The third-order valence-corrected chi connectivity index (χ3v) is 3.37. The van der Waals surface area contributed by atoms with Crippen molar-refractivity contribution in [2.45, 2.75) is 6.54 Å². The largest absolute Gasteiger partial charge is 0.484 e. The maximum absolute atomic E-state index is 11.7. The summed E-state index contributed by atoms with van der Waals surface area (Å²) >= 11 is 9.13. The number of nitrogens with one attached hydrogen (secondary N) is 1. The Balaban J connectivity index is 1.75. The number of amides is 1. The Hall–Kier alpha value is -1.52. The Morgan fingerprint density at radius 2 is 1.75 bits per heavy atom. The first-order chi connectivity index (χ1) is 9.63. The highest BCUT2D eigenvalue weighted by molar-refractivity contribution is 9.10. The second-order valence-corrected chi connectivity index (χ2v) is 5.50. The van der Waals surface area contributed by atoms with Crippen molar-refractivity contribution in [2.24, 2.45) is 0 Å². The molecule has 2 rings (SSSR count). The van der Waals surface area contributed by atoms with E-state index in [0.29, 0.717) is 17.3 Å². The van der Waals surface area contributed by atoms with Crippen molar-refractivity contribution in [1.82, 2.24) is 5.32 Å². The Bertz CT molecular complexity index is 518. The summed E-state index contributed by atoms with van der Waals surface area (Å²) in [6, 6.07) is 14.7. The van der Waals surface area contributed by atoms with Gasteiger partial charge in [0.25, 0.3) is 5.91 Å². The van der Waals surface area contributed by atoms with Crippen molar-refractivity contribution in [1.29, 1.82) is 0 Å². The number of benzene rings is 2. The minimum Gasteiger partial charge on any atom is -0.484 e. The second-order valence-electron chi connectivity index (χ2n) is 4.15. The van der Waals surface area contributed by atoms with Crippen LogP contribution in [0.2, 0.25) is 5.02 Å². The van der Waals surface area contributed by atoms with Crippen LogP contribution >= 0.6 is 27.5 Å². The topological polar surface area (TPSA) is 38.3 Å². The van der Waals surface area contributed by atoms with Crippen LogP contribution in [-0.4, -0.2) is 12.5 Å². The van der Waals surface area contributed by atoms with E-state index < -0.39 is 0 Å². The van der Waals surface area contributed by atoms with Gasteiger partial charge in [-0.05, 0) is 42.0 Å². The van der Waals surface area contributed by atoms with Gasteiger partial charge in [-0.3, -0.25) is 4.79 Å². The van der Waals surface area contributed by atoms with Gasteiger partial charge in [-0.25, -0.2) is 0 Å². The molecule has 20 heavy (non-hydrogen) atoms. The summed E-state index contributed by atoms with van der Waals surface area (Å²) in [7, 11) is 0. The van der Waals surface area contributed by atoms with E-state index in [1.165, 1.54) is 0 Å². The number of ether oxygens (including phenoxy) is 1. The molecule has 0 unspecified atom stereocenters. The number of halogens is 2. The number of carbonyl (C=O) groups is 1. The lowest BCUT2D eigenvalue weighted by Crippen LogP contribution is -2.28. The molecule has 104 valence electrons. The predicted octanol–water partition coefficient (Wildman–Crippen LogP) is 3.80. The summed E-state index contributed by atoms with van der Waals surface area (Å²) in [6.45, 7) is 0.453. The van der Waals surface area contributed by atoms with Crippen molar-refractivity contribution in [3.8, 4) is 5.75 Å². The molecule has 0 aliphatic heterocycles. The van der Waals surface area contributed by atoms with Crippen LogP contribution in [0.5, 0.6) is 5.75 Å². The third kappa shape index (κ3) is 4.87. The molecule has 2 aromatic carbocycles. The van der Waals surface area contributed by atoms with E-state index in [2.05, 4.69) is 21.2 Å². The zero-order valence-corrected chi connectivity index (χ0v) is 12.9. The van der Waals surface area contributed by atoms with Crippen LogP contribution in [0.15, 0.2) is 53.0 Å². The molecule has 0 radical (unpaired) electrons. The van der Waals surface area contributed by atoms with Crippen LogP contribution in [0.3, 0.4) is 0 Å². The summed E-state index contributed by atoms with van der Waals surface area (Å²) in [4.78, 5) is 11.7. The van der Waals surface area contributed by atoms with Gasteiger partial charge >= 0.3 is 0 Å². The standard InChI is InChI=1S/C15H13BrClNO2/c16-12-3-7-14(8-4-12)20-10-15(19)18-9-11-1-5-13(17)6-2-11/h1-8H,9-10H2,(H,18,19). The van der Waals surface area contributed by atoms with E-state index in [1.807, 2.05) is 24.3 Å². The molecule has 0 atom stereocenters. The molecule has 3 nitrogen and oxygen atoms in total. The van der Waals surface area contributed by atoms with Gasteiger partial charge in [-0.15, -0.1) is 0 Å². The molecule has 0 bridgehead atoms. The van der Waals surface area contributed by atoms with Crippen molar-refractivity contribution < 1.29 is 9.53 Å². The maximum Gasteiger partial charge on any atom is 0.258 e. The van der Waals surface area contributed by atoms with Gasteiger partial charge in [0.15, 0.2) is 6.61 Å². The lowest BCUT2D eigenvalue weighted by Gasteiger charge is -2.07. The van der Waals surface area contributed by atoms with E-state index in [0.717, 1.165) is 10.0 Å². The SMILES string of the molecule is O=C(COc1ccc(Br)cc1)NCc1ccc(Cl)cc1. The number of hydrogen-bond acceptors (Lipinski definition) is 2. The quantitative estimate of drug-likeness (QED) is 0.887. The molecule has 1 N–H and O–H groups in total. The molecule has 5 heteroatoms. The number of carbonyl (C=O) groups excluding carboxylic acids is 1. The van der Waals surface area contributed by atoms with Crippen molar-refractivity contribution in [2.75, 3.05) is 6.61 Å². The highest BCUT2D eigenvalue weighted by atomic mass is 79.9. The van der Waals surface area contributed by atoms with Crippen LogP contribution < -0.4 is 10.1 Å². The van der Waals surface area contributed by atoms with Gasteiger partial charge in [-0.1, -0.05) is 39.7 Å². The van der Waals surface area contributed by atoms with Crippen molar-refractivity contribution in [3.63, 3.8) is 0 Å². The van der Waals surface area contributed by atoms with Crippen LogP contribution in [0, 0.1) is 0 Å². The van der Waals surface area contributed by atoms with Gasteiger partial charge in [0.2, 0.25) is 0 Å². The Morgan fingerprint density at radius 3 is 2.40 bits per heavy atom. The Kier molecular flexibility index (Phi) is 5.44. The van der Waals surface area contributed by atoms with Crippen LogP contribution in [0.4, 0.5) is 0 Å². The van der Waals surface area contributed by atoms with Crippen LogP contribution in [0.25, 0.3) is 0 Å². The highest BCUT2D eigenvalue weighted by Gasteiger charge is 2.03. The van der Waals surface area contributed by atoms with E-state index >= 15 is 0 Å². The molecule has 0 aromatic heterocycles.